The highest BCUT2D eigenvalue weighted by atomic mass is 16.5. The molecular weight excluding hydrogens is 232 g/mol. The standard InChI is InChI=1S/C13H16N2O3/c1-13(10-6-4-3-5-7-10)11(16)15(8-9-18-2)12(17)14-13/h3-7H,8-9H2,1-2H3,(H,14,17). The van der Waals surface area contributed by atoms with E-state index in [9.17, 15) is 9.59 Å². The summed E-state index contributed by atoms with van der Waals surface area (Å²) in [5.41, 5.74) is -0.199. The number of methoxy groups -OCH3 is 1. The van der Waals surface area contributed by atoms with Crippen molar-refractivity contribution in [2.45, 2.75) is 12.5 Å². The van der Waals surface area contributed by atoms with E-state index in [0.29, 0.717) is 6.61 Å². The van der Waals surface area contributed by atoms with E-state index in [1.54, 1.807) is 6.92 Å². The smallest absolute Gasteiger partial charge is 0.325 e. The Morgan fingerprint density at radius 1 is 1.28 bits per heavy atom. The maximum atomic E-state index is 12.3. The number of nitrogens with zero attached hydrogens (tertiary/aromatic N) is 1. The van der Waals surface area contributed by atoms with Crippen LogP contribution in [-0.4, -0.2) is 37.1 Å². The molecule has 0 bridgehead atoms. The van der Waals surface area contributed by atoms with Gasteiger partial charge in [0.1, 0.15) is 5.54 Å². The Morgan fingerprint density at radius 3 is 2.56 bits per heavy atom. The van der Waals surface area contributed by atoms with Crippen LogP contribution in [0.5, 0.6) is 0 Å². The van der Waals surface area contributed by atoms with Gasteiger partial charge in [-0.05, 0) is 12.5 Å². The number of nitrogens with one attached hydrogen (secondary N) is 1. The predicted octanol–water partition coefficient (Wildman–Crippen LogP) is 1.10. The fraction of sp³-hybridized carbons (Fsp3) is 0.385. The third-order valence-electron chi connectivity index (χ3n) is 3.15. The van der Waals surface area contributed by atoms with Crippen LogP contribution in [0.1, 0.15) is 12.5 Å². The number of carbonyl (C=O) groups excluding carboxylic acids is 2. The van der Waals surface area contributed by atoms with Crippen LogP contribution >= 0.6 is 0 Å². The minimum atomic E-state index is -0.980. The molecular formula is C13H16N2O3. The molecule has 1 fully saturated rings. The topological polar surface area (TPSA) is 58.6 Å². The molecule has 0 aliphatic carbocycles. The fourth-order valence-corrected chi connectivity index (χ4v) is 2.05. The molecule has 18 heavy (non-hydrogen) atoms. The molecule has 1 aromatic carbocycles. The van der Waals surface area contributed by atoms with Crippen LogP contribution in [0.25, 0.3) is 0 Å². The molecule has 0 spiro atoms. The van der Waals surface area contributed by atoms with Gasteiger partial charge in [-0.1, -0.05) is 30.3 Å². The Labute approximate surface area is 106 Å². The molecule has 0 radical (unpaired) electrons. The molecule has 3 amide bonds. The van der Waals surface area contributed by atoms with Gasteiger partial charge in [0.25, 0.3) is 5.91 Å². The van der Waals surface area contributed by atoms with Gasteiger partial charge in [-0.2, -0.15) is 0 Å². The zero-order valence-electron chi connectivity index (χ0n) is 10.5. The lowest BCUT2D eigenvalue weighted by atomic mass is 9.92. The normalized spacial score (nSPS) is 23.3. The Kier molecular flexibility index (Phi) is 3.34. The van der Waals surface area contributed by atoms with Gasteiger partial charge in [0, 0.05) is 7.11 Å². The van der Waals surface area contributed by atoms with Crippen molar-refractivity contribution >= 4 is 11.9 Å². The monoisotopic (exact) mass is 248 g/mol. The lowest BCUT2D eigenvalue weighted by molar-refractivity contribution is -0.131. The van der Waals surface area contributed by atoms with E-state index in [1.165, 1.54) is 12.0 Å². The summed E-state index contributed by atoms with van der Waals surface area (Å²) in [5, 5.41) is 2.74. The van der Waals surface area contributed by atoms with E-state index in [4.69, 9.17) is 4.74 Å². The average molecular weight is 248 g/mol. The molecule has 2 rings (SSSR count). The first-order valence-electron chi connectivity index (χ1n) is 5.78. The quantitative estimate of drug-likeness (QED) is 0.812. The first-order valence-corrected chi connectivity index (χ1v) is 5.78. The van der Waals surface area contributed by atoms with Crippen LogP contribution in [0.15, 0.2) is 30.3 Å². The highest BCUT2D eigenvalue weighted by molar-refractivity contribution is 6.07. The lowest BCUT2D eigenvalue weighted by Crippen LogP contribution is -2.41. The number of rotatable bonds is 4. The van der Waals surface area contributed by atoms with Crippen LogP contribution in [0.4, 0.5) is 4.79 Å². The van der Waals surface area contributed by atoms with Gasteiger partial charge in [-0.15, -0.1) is 0 Å². The highest BCUT2D eigenvalue weighted by Crippen LogP contribution is 2.28. The molecule has 1 unspecified atom stereocenters. The van der Waals surface area contributed by atoms with Crippen LogP contribution in [-0.2, 0) is 15.1 Å². The van der Waals surface area contributed by atoms with Gasteiger partial charge >= 0.3 is 6.03 Å². The van der Waals surface area contributed by atoms with Crippen molar-refractivity contribution in [2.75, 3.05) is 20.3 Å². The molecule has 96 valence electrons. The maximum Gasteiger partial charge on any atom is 0.325 e. The predicted molar refractivity (Wildman–Crippen MR) is 65.9 cm³/mol. The van der Waals surface area contributed by atoms with Crippen molar-refractivity contribution in [1.29, 1.82) is 0 Å². The molecule has 5 heteroatoms. The molecule has 1 heterocycles. The zero-order valence-corrected chi connectivity index (χ0v) is 10.5. The second-order valence-electron chi connectivity index (χ2n) is 4.37. The summed E-state index contributed by atoms with van der Waals surface area (Å²) in [4.78, 5) is 25.3. The summed E-state index contributed by atoms with van der Waals surface area (Å²) in [6.45, 7) is 2.32. The molecule has 1 aliphatic rings. The summed E-state index contributed by atoms with van der Waals surface area (Å²) in [5.74, 6) is -0.240. The fourth-order valence-electron chi connectivity index (χ4n) is 2.05. The number of carbonyl (C=O) groups is 2. The van der Waals surface area contributed by atoms with Crippen molar-refractivity contribution in [3.8, 4) is 0 Å². The maximum absolute atomic E-state index is 12.3. The van der Waals surface area contributed by atoms with E-state index in [2.05, 4.69) is 5.32 Å². The SMILES string of the molecule is COCCN1C(=O)NC(C)(c2ccccc2)C1=O. The molecule has 1 aromatic rings. The summed E-state index contributed by atoms with van der Waals surface area (Å²) in [7, 11) is 1.54. The second-order valence-corrected chi connectivity index (χ2v) is 4.37. The zero-order chi connectivity index (χ0) is 13.2. The van der Waals surface area contributed by atoms with E-state index in [1.807, 2.05) is 30.3 Å². The van der Waals surface area contributed by atoms with E-state index >= 15 is 0 Å². The minimum Gasteiger partial charge on any atom is -0.383 e. The second kappa shape index (κ2) is 4.78. The van der Waals surface area contributed by atoms with Crippen LogP contribution in [0.2, 0.25) is 0 Å². The third kappa shape index (κ3) is 1.97. The van der Waals surface area contributed by atoms with E-state index in [0.717, 1.165) is 5.56 Å². The third-order valence-corrected chi connectivity index (χ3v) is 3.15. The molecule has 0 aromatic heterocycles. The Bertz CT molecular complexity index is 461. The highest BCUT2D eigenvalue weighted by Gasteiger charge is 2.48. The first kappa shape index (κ1) is 12.6. The summed E-state index contributed by atoms with van der Waals surface area (Å²) in [6, 6.07) is 8.85. The van der Waals surface area contributed by atoms with Gasteiger partial charge < -0.3 is 10.1 Å². The summed E-state index contributed by atoms with van der Waals surface area (Å²) in [6.07, 6.45) is 0. The number of amides is 3. The number of ether oxygens (including phenoxy) is 1. The molecule has 1 aliphatic heterocycles. The minimum absolute atomic E-state index is 0.240. The average Bonchev–Trinajstić information content (AvgIpc) is 2.60. The van der Waals surface area contributed by atoms with Gasteiger partial charge in [0.15, 0.2) is 0 Å². The Hall–Kier alpha value is -1.88. The summed E-state index contributed by atoms with van der Waals surface area (Å²) >= 11 is 0. The van der Waals surface area contributed by atoms with Crippen LogP contribution in [0, 0.1) is 0 Å². The van der Waals surface area contributed by atoms with Crippen LogP contribution in [0.3, 0.4) is 0 Å². The first-order chi connectivity index (χ1) is 8.59. The number of hydrogen-bond donors (Lipinski definition) is 1. The number of urea groups is 1. The number of benzene rings is 1. The summed E-state index contributed by atoms with van der Waals surface area (Å²) < 4.78 is 4.90. The van der Waals surface area contributed by atoms with Crippen molar-refractivity contribution < 1.29 is 14.3 Å². The van der Waals surface area contributed by atoms with Crippen LogP contribution < -0.4 is 5.32 Å². The number of hydrogen-bond acceptors (Lipinski definition) is 3. The van der Waals surface area contributed by atoms with Crippen molar-refractivity contribution in [3.63, 3.8) is 0 Å². The van der Waals surface area contributed by atoms with E-state index < -0.39 is 5.54 Å². The van der Waals surface area contributed by atoms with Crippen molar-refractivity contribution in [2.24, 2.45) is 0 Å². The van der Waals surface area contributed by atoms with Crippen molar-refractivity contribution in [1.82, 2.24) is 10.2 Å². The van der Waals surface area contributed by atoms with Gasteiger partial charge in [0.2, 0.25) is 0 Å². The van der Waals surface area contributed by atoms with Crippen molar-refractivity contribution in [3.05, 3.63) is 35.9 Å². The van der Waals surface area contributed by atoms with Gasteiger partial charge in [0.05, 0.1) is 13.2 Å². The lowest BCUT2D eigenvalue weighted by Gasteiger charge is -2.22. The largest absolute Gasteiger partial charge is 0.383 e. The van der Waals surface area contributed by atoms with Gasteiger partial charge in [-0.3, -0.25) is 9.69 Å². The van der Waals surface area contributed by atoms with E-state index in [-0.39, 0.29) is 18.5 Å². The number of imide groups is 1. The molecule has 1 saturated heterocycles. The Morgan fingerprint density at radius 2 is 1.94 bits per heavy atom. The molecule has 1 atom stereocenters. The van der Waals surface area contributed by atoms with Gasteiger partial charge in [-0.25, -0.2) is 4.79 Å². The molecule has 0 saturated carbocycles. The molecule has 1 N–H and O–H groups in total. The Balaban J connectivity index is 2.26. The molecule has 5 nitrogen and oxygen atoms in total.